The summed E-state index contributed by atoms with van der Waals surface area (Å²) >= 11 is 0. The van der Waals surface area contributed by atoms with Crippen LogP contribution in [-0.2, 0) is 19.2 Å². The van der Waals surface area contributed by atoms with Gasteiger partial charge in [-0.25, -0.2) is 0 Å². The summed E-state index contributed by atoms with van der Waals surface area (Å²) in [6.07, 6.45) is -0.153. The highest BCUT2D eigenvalue weighted by atomic mass is 16.4. The fourth-order valence-electron chi connectivity index (χ4n) is 0.0956. The first-order valence-electron chi connectivity index (χ1n) is 4.38. The molecule has 0 rings (SSSR count). The molecular formula is C9H18O9. The molecule has 0 atom stereocenters. The van der Waals surface area contributed by atoms with Crippen molar-refractivity contribution in [1.29, 1.82) is 0 Å². The molecule has 108 valence electrons. The van der Waals surface area contributed by atoms with E-state index in [2.05, 4.69) is 0 Å². The van der Waals surface area contributed by atoms with Crippen LogP contribution in [0.2, 0.25) is 0 Å². The maximum atomic E-state index is 9.44. The Labute approximate surface area is 103 Å². The summed E-state index contributed by atoms with van der Waals surface area (Å²) in [6.45, 7) is 2.98. The molecule has 0 unspecified atom stereocenters. The molecule has 0 radical (unpaired) electrons. The Morgan fingerprint density at radius 1 is 0.722 bits per heavy atom. The van der Waals surface area contributed by atoms with Gasteiger partial charge in [0.25, 0.3) is 17.9 Å². The van der Waals surface area contributed by atoms with Gasteiger partial charge in [-0.15, -0.1) is 0 Å². The minimum Gasteiger partial charge on any atom is -0.481 e. The van der Waals surface area contributed by atoms with Crippen LogP contribution in [0.5, 0.6) is 0 Å². The lowest BCUT2D eigenvalue weighted by atomic mass is 10.5. The van der Waals surface area contributed by atoms with E-state index in [0.717, 1.165) is 20.8 Å². The third-order valence-corrected chi connectivity index (χ3v) is 0.326. The van der Waals surface area contributed by atoms with E-state index in [4.69, 9.17) is 39.9 Å². The van der Waals surface area contributed by atoms with Gasteiger partial charge < -0.3 is 25.5 Å². The first-order valence-corrected chi connectivity index (χ1v) is 4.38. The van der Waals surface area contributed by atoms with Crippen molar-refractivity contribution in [3.63, 3.8) is 0 Å². The molecule has 0 fully saturated rings. The lowest BCUT2D eigenvalue weighted by Gasteiger charge is -1.79. The zero-order valence-corrected chi connectivity index (χ0v) is 10.3. The topological polar surface area (TPSA) is 169 Å². The van der Waals surface area contributed by atoms with Gasteiger partial charge in [0.05, 0.1) is 13.0 Å². The maximum Gasteiger partial charge on any atom is 0.305 e. The summed E-state index contributed by atoms with van der Waals surface area (Å²) in [6, 6.07) is 0. The standard InChI is InChI=1S/C3H6O3.3C2H4O2/c4-2-1-3(5)6;3*1-2(3)4/h4H,1-2H2,(H,5,6);3*1H3,(H,3,4). The van der Waals surface area contributed by atoms with Crippen molar-refractivity contribution in [2.45, 2.75) is 27.2 Å². The molecule has 0 bridgehead atoms. The number of aliphatic hydroxyl groups excluding tert-OH is 1. The predicted octanol–water partition coefficient (Wildman–Crippen LogP) is -0.274. The van der Waals surface area contributed by atoms with Crippen molar-refractivity contribution < 1.29 is 44.7 Å². The molecule has 0 spiro atoms. The molecule has 9 heteroatoms. The van der Waals surface area contributed by atoms with Gasteiger partial charge in [-0.1, -0.05) is 0 Å². The minimum absolute atomic E-state index is 0.153. The Hall–Kier alpha value is -2.16. The molecule has 9 nitrogen and oxygen atoms in total. The van der Waals surface area contributed by atoms with E-state index >= 15 is 0 Å². The third-order valence-electron chi connectivity index (χ3n) is 0.326. The maximum absolute atomic E-state index is 9.44. The van der Waals surface area contributed by atoms with Crippen molar-refractivity contribution in [3.05, 3.63) is 0 Å². The van der Waals surface area contributed by atoms with Gasteiger partial charge in [-0.05, 0) is 0 Å². The van der Waals surface area contributed by atoms with Crippen LogP contribution in [0.3, 0.4) is 0 Å². The van der Waals surface area contributed by atoms with Gasteiger partial charge in [-0.3, -0.25) is 19.2 Å². The average Bonchev–Trinajstić information content (AvgIpc) is 1.98. The molecule has 0 aliphatic carbocycles. The number of hydrogen-bond donors (Lipinski definition) is 5. The second-order valence-electron chi connectivity index (χ2n) is 2.42. The summed E-state index contributed by atoms with van der Waals surface area (Å²) in [5, 5.41) is 37.9. The number of hydrogen-bond acceptors (Lipinski definition) is 5. The van der Waals surface area contributed by atoms with Crippen LogP contribution in [-0.4, -0.2) is 56.0 Å². The van der Waals surface area contributed by atoms with Gasteiger partial charge in [0, 0.05) is 20.8 Å². The molecule has 0 saturated heterocycles. The smallest absolute Gasteiger partial charge is 0.305 e. The fraction of sp³-hybridized carbons (Fsp3) is 0.556. The van der Waals surface area contributed by atoms with Gasteiger partial charge in [0.1, 0.15) is 0 Å². The van der Waals surface area contributed by atoms with Crippen molar-refractivity contribution in [2.24, 2.45) is 0 Å². The van der Waals surface area contributed by atoms with Crippen molar-refractivity contribution in [3.8, 4) is 0 Å². The molecule has 0 aromatic rings. The van der Waals surface area contributed by atoms with Gasteiger partial charge in [0.15, 0.2) is 0 Å². The Kier molecular flexibility index (Phi) is 28.0. The monoisotopic (exact) mass is 270 g/mol. The summed E-state index contributed by atoms with van der Waals surface area (Å²) < 4.78 is 0. The van der Waals surface area contributed by atoms with Crippen molar-refractivity contribution in [1.82, 2.24) is 0 Å². The molecule has 0 aromatic carbocycles. The quantitative estimate of drug-likeness (QED) is 0.453. The van der Waals surface area contributed by atoms with E-state index in [-0.39, 0.29) is 13.0 Å². The van der Waals surface area contributed by atoms with Crippen molar-refractivity contribution in [2.75, 3.05) is 6.61 Å². The predicted molar refractivity (Wildman–Crippen MR) is 59.3 cm³/mol. The number of carboxylic acids is 4. The molecule has 18 heavy (non-hydrogen) atoms. The number of rotatable bonds is 2. The van der Waals surface area contributed by atoms with Crippen molar-refractivity contribution >= 4 is 23.9 Å². The van der Waals surface area contributed by atoms with Crippen LogP contribution in [0.1, 0.15) is 27.2 Å². The van der Waals surface area contributed by atoms with E-state index in [9.17, 15) is 4.79 Å². The molecular weight excluding hydrogens is 252 g/mol. The molecule has 0 aromatic heterocycles. The minimum atomic E-state index is -0.961. The van der Waals surface area contributed by atoms with Crippen LogP contribution < -0.4 is 0 Å². The molecule has 0 aliphatic heterocycles. The van der Waals surface area contributed by atoms with Gasteiger partial charge in [0.2, 0.25) is 0 Å². The Bertz CT molecular complexity index is 206. The molecule has 0 amide bonds. The lowest BCUT2D eigenvalue weighted by Crippen LogP contribution is -1.96. The zero-order valence-electron chi connectivity index (χ0n) is 10.3. The first kappa shape index (κ1) is 24.9. The molecule has 0 heterocycles. The molecule has 0 aliphatic rings. The highest BCUT2D eigenvalue weighted by Gasteiger charge is 1.88. The van der Waals surface area contributed by atoms with Crippen LogP contribution in [0.4, 0.5) is 0 Å². The van der Waals surface area contributed by atoms with Crippen LogP contribution in [0.25, 0.3) is 0 Å². The second-order valence-corrected chi connectivity index (χ2v) is 2.42. The van der Waals surface area contributed by atoms with E-state index in [1.807, 2.05) is 0 Å². The van der Waals surface area contributed by atoms with Crippen LogP contribution in [0, 0.1) is 0 Å². The number of carbonyl (C=O) groups is 4. The Morgan fingerprint density at radius 2 is 0.889 bits per heavy atom. The first-order chi connectivity index (χ1) is 7.97. The normalized spacial score (nSPS) is 6.89. The highest BCUT2D eigenvalue weighted by molar-refractivity contribution is 5.66. The van der Waals surface area contributed by atoms with E-state index in [1.54, 1.807) is 0 Å². The van der Waals surface area contributed by atoms with Crippen LogP contribution >= 0.6 is 0 Å². The molecule has 0 saturated carbocycles. The largest absolute Gasteiger partial charge is 0.481 e. The van der Waals surface area contributed by atoms with E-state index in [1.165, 1.54) is 0 Å². The third kappa shape index (κ3) is 3230. The zero-order chi connectivity index (χ0) is 15.7. The highest BCUT2D eigenvalue weighted by Crippen LogP contribution is 1.70. The van der Waals surface area contributed by atoms with E-state index < -0.39 is 23.9 Å². The van der Waals surface area contributed by atoms with Gasteiger partial charge >= 0.3 is 5.97 Å². The second kappa shape index (κ2) is 20.3. The average molecular weight is 270 g/mol. The van der Waals surface area contributed by atoms with E-state index in [0.29, 0.717) is 0 Å². The Morgan fingerprint density at radius 3 is 0.889 bits per heavy atom. The van der Waals surface area contributed by atoms with Gasteiger partial charge in [-0.2, -0.15) is 0 Å². The summed E-state index contributed by atoms with van der Waals surface area (Å²) in [5.41, 5.74) is 0. The summed E-state index contributed by atoms with van der Waals surface area (Å²) in [5.74, 6) is -3.46. The van der Waals surface area contributed by atoms with Crippen LogP contribution in [0.15, 0.2) is 0 Å². The SMILES string of the molecule is CC(=O)O.CC(=O)O.CC(=O)O.O=C(O)CCO. The summed E-state index contributed by atoms with van der Waals surface area (Å²) in [7, 11) is 0. The number of aliphatic hydroxyl groups is 1. The summed E-state index contributed by atoms with van der Waals surface area (Å²) in [4.78, 5) is 36.4. The fourth-order valence-corrected chi connectivity index (χ4v) is 0.0956. The molecule has 5 N–H and O–H groups in total. The lowest BCUT2D eigenvalue weighted by molar-refractivity contribution is -0.138. The Balaban J connectivity index is -0.0000000742. The number of carboxylic acid groups (broad SMARTS) is 4. The number of aliphatic carboxylic acids is 4.